The van der Waals surface area contributed by atoms with Gasteiger partial charge in [0.15, 0.2) is 0 Å². The summed E-state index contributed by atoms with van der Waals surface area (Å²) in [5.41, 5.74) is 3.57. The monoisotopic (exact) mass is 359 g/mol. The molecule has 0 spiro atoms. The summed E-state index contributed by atoms with van der Waals surface area (Å²) in [6, 6.07) is 13.4. The Bertz CT molecular complexity index is 891. The fourth-order valence-corrected chi connectivity index (χ4v) is 3.21. The van der Waals surface area contributed by atoms with Crippen LogP contribution in [0.25, 0.3) is 11.0 Å². The highest BCUT2D eigenvalue weighted by Crippen LogP contribution is 2.21. The van der Waals surface area contributed by atoms with Gasteiger partial charge in [-0.2, -0.15) is 11.8 Å². The van der Waals surface area contributed by atoms with Gasteiger partial charge in [-0.25, -0.2) is 4.98 Å². The van der Waals surface area contributed by atoms with E-state index in [-0.39, 0.29) is 12.5 Å². The number of hydrogen-bond donors (Lipinski definition) is 1. The number of amides is 1. The third kappa shape index (κ3) is 3.57. The Labute approximate surface area is 150 Å². The van der Waals surface area contributed by atoms with Crippen LogP contribution in [0.3, 0.4) is 0 Å². The van der Waals surface area contributed by atoms with E-state index in [1.165, 1.54) is 0 Å². The molecule has 3 aromatic rings. The first-order valence-corrected chi connectivity index (χ1v) is 9.34. The van der Waals surface area contributed by atoms with E-state index in [9.17, 15) is 4.79 Å². The lowest BCUT2D eigenvalue weighted by molar-refractivity contribution is -0.116. The molecule has 0 unspecified atom stereocenters. The van der Waals surface area contributed by atoms with E-state index in [2.05, 4.69) is 10.3 Å². The highest BCUT2D eigenvalue weighted by molar-refractivity contribution is 7.97. The van der Waals surface area contributed by atoms with E-state index in [0.29, 0.717) is 10.7 Å². The van der Waals surface area contributed by atoms with Crippen molar-refractivity contribution in [2.24, 2.45) is 0 Å². The van der Waals surface area contributed by atoms with Crippen molar-refractivity contribution in [1.82, 2.24) is 9.55 Å². The van der Waals surface area contributed by atoms with Gasteiger partial charge in [-0.05, 0) is 43.0 Å². The normalized spacial score (nSPS) is 11.0. The van der Waals surface area contributed by atoms with Crippen LogP contribution >= 0.6 is 23.4 Å². The quantitative estimate of drug-likeness (QED) is 0.729. The van der Waals surface area contributed by atoms with E-state index in [1.807, 2.05) is 54.1 Å². The molecule has 0 aliphatic heterocycles. The zero-order valence-corrected chi connectivity index (χ0v) is 15.1. The van der Waals surface area contributed by atoms with Gasteiger partial charge < -0.3 is 9.88 Å². The molecule has 24 heavy (non-hydrogen) atoms. The smallest absolute Gasteiger partial charge is 0.244 e. The highest BCUT2D eigenvalue weighted by atomic mass is 35.5. The molecule has 0 aliphatic rings. The Morgan fingerprint density at radius 1 is 1.29 bits per heavy atom. The number of nitrogens with one attached hydrogen (secondary N) is 1. The minimum Gasteiger partial charge on any atom is -0.324 e. The second kappa shape index (κ2) is 7.28. The van der Waals surface area contributed by atoms with Crippen LogP contribution < -0.4 is 5.32 Å². The summed E-state index contributed by atoms with van der Waals surface area (Å²) in [7, 11) is 0. The Morgan fingerprint density at radius 2 is 2.08 bits per heavy atom. The summed E-state index contributed by atoms with van der Waals surface area (Å²) in [5.74, 6) is 1.57. The molecule has 2 aromatic carbocycles. The number of carbonyl (C=O) groups is 1. The summed E-state index contributed by atoms with van der Waals surface area (Å²) in [6.07, 6.45) is 2.03. The largest absolute Gasteiger partial charge is 0.324 e. The predicted octanol–water partition coefficient (Wildman–Crippen LogP) is 4.50. The van der Waals surface area contributed by atoms with Gasteiger partial charge >= 0.3 is 0 Å². The molecular formula is C18H18ClN3OS. The molecule has 0 saturated heterocycles. The highest BCUT2D eigenvalue weighted by Gasteiger charge is 2.13. The van der Waals surface area contributed by atoms with Gasteiger partial charge in [-0.1, -0.05) is 29.8 Å². The van der Waals surface area contributed by atoms with Gasteiger partial charge in [0.1, 0.15) is 12.4 Å². The number of hydrogen-bond acceptors (Lipinski definition) is 3. The van der Waals surface area contributed by atoms with Crippen LogP contribution in [0.2, 0.25) is 5.02 Å². The number of thioether (sulfide) groups is 1. The fraction of sp³-hybridized carbons (Fsp3) is 0.222. The van der Waals surface area contributed by atoms with Gasteiger partial charge in [0.25, 0.3) is 0 Å². The number of rotatable bonds is 5. The minimum atomic E-state index is -0.0968. The summed E-state index contributed by atoms with van der Waals surface area (Å²) in [4.78, 5) is 17.1. The van der Waals surface area contributed by atoms with Crippen molar-refractivity contribution in [3.8, 4) is 0 Å². The zero-order chi connectivity index (χ0) is 17.1. The first kappa shape index (κ1) is 16.9. The minimum absolute atomic E-state index is 0.0968. The molecule has 0 fully saturated rings. The average molecular weight is 360 g/mol. The van der Waals surface area contributed by atoms with Crippen molar-refractivity contribution in [1.29, 1.82) is 0 Å². The number of halogens is 1. The van der Waals surface area contributed by atoms with E-state index in [1.54, 1.807) is 17.8 Å². The summed E-state index contributed by atoms with van der Waals surface area (Å²) >= 11 is 7.80. The molecule has 6 heteroatoms. The van der Waals surface area contributed by atoms with Gasteiger partial charge in [0, 0.05) is 10.7 Å². The van der Waals surface area contributed by atoms with E-state index < -0.39 is 0 Å². The lowest BCUT2D eigenvalue weighted by atomic mass is 10.2. The van der Waals surface area contributed by atoms with E-state index >= 15 is 0 Å². The van der Waals surface area contributed by atoms with E-state index in [4.69, 9.17) is 11.6 Å². The van der Waals surface area contributed by atoms with Crippen LogP contribution in [0.4, 0.5) is 5.69 Å². The Kier molecular flexibility index (Phi) is 5.11. The molecular weight excluding hydrogens is 342 g/mol. The van der Waals surface area contributed by atoms with Crippen molar-refractivity contribution < 1.29 is 4.79 Å². The van der Waals surface area contributed by atoms with Crippen molar-refractivity contribution >= 4 is 46.0 Å². The molecule has 0 atom stereocenters. The maximum Gasteiger partial charge on any atom is 0.244 e. The Balaban J connectivity index is 1.84. The van der Waals surface area contributed by atoms with Crippen molar-refractivity contribution in [3.05, 3.63) is 58.9 Å². The zero-order valence-electron chi connectivity index (χ0n) is 13.5. The molecule has 124 valence electrons. The maximum absolute atomic E-state index is 12.5. The summed E-state index contributed by atoms with van der Waals surface area (Å²) < 4.78 is 1.97. The number of benzene rings is 2. The van der Waals surface area contributed by atoms with Crippen LogP contribution in [0.15, 0.2) is 42.5 Å². The first-order chi connectivity index (χ1) is 11.6. The molecule has 1 heterocycles. The van der Waals surface area contributed by atoms with Gasteiger partial charge in [-0.3, -0.25) is 4.79 Å². The number of anilines is 1. The summed E-state index contributed by atoms with van der Waals surface area (Å²) in [5, 5.41) is 3.55. The predicted molar refractivity (Wildman–Crippen MR) is 102 cm³/mol. The molecule has 3 rings (SSSR count). The molecule has 1 N–H and O–H groups in total. The Hall–Kier alpha value is -1.98. The molecule has 1 amide bonds. The molecule has 1 aromatic heterocycles. The first-order valence-electron chi connectivity index (χ1n) is 7.57. The number of para-hydroxylation sites is 2. The van der Waals surface area contributed by atoms with E-state index in [0.717, 1.165) is 28.2 Å². The number of aryl methyl sites for hydroxylation is 1. The SMILES string of the molecule is CSCc1nc2ccccc2n1CC(=O)Nc1ccc(C)c(Cl)c1. The third-order valence-electron chi connectivity index (χ3n) is 3.76. The number of fused-ring (bicyclic) bond motifs is 1. The summed E-state index contributed by atoms with van der Waals surface area (Å²) in [6.45, 7) is 2.15. The maximum atomic E-state index is 12.5. The molecule has 0 radical (unpaired) electrons. The second-order valence-corrected chi connectivity index (χ2v) is 6.82. The van der Waals surface area contributed by atoms with Crippen molar-refractivity contribution in [2.45, 2.75) is 19.2 Å². The number of carbonyl (C=O) groups excluding carboxylic acids is 1. The molecule has 0 bridgehead atoms. The number of imidazole rings is 1. The lowest BCUT2D eigenvalue weighted by Crippen LogP contribution is -2.20. The van der Waals surface area contributed by atoms with Crippen molar-refractivity contribution in [2.75, 3.05) is 11.6 Å². The number of aromatic nitrogens is 2. The van der Waals surface area contributed by atoms with Gasteiger partial charge in [0.2, 0.25) is 5.91 Å². The number of nitrogens with zero attached hydrogens (tertiary/aromatic N) is 2. The second-order valence-electron chi connectivity index (χ2n) is 5.55. The molecule has 0 saturated carbocycles. The Morgan fingerprint density at radius 3 is 2.83 bits per heavy atom. The van der Waals surface area contributed by atoms with Crippen LogP contribution in [0, 0.1) is 6.92 Å². The van der Waals surface area contributed by atoms with Crippen molar-refractivity contribution in [3.63, 3.8) is 0 Å². The average Bonchev–Trinajstić information content (AvgIpc) is 2.89. The fourth-order valence-electron chi connectivity index (χ4n) is 2.56. The lowest BCUT2D eigenvalue weighted by Gasteiger charge is -2.10. The molecule has 4 nitrogen and oxygen atoms in total. The van der Waals surface area contributed by atoms with Gasteiger partial charge in [0.05, 0.1) is 16.8 Å². The van der Waals surface area contributed by atoms with Crippen LogP contribution in [-0.4, -0.2) is 21.7 Å². The third-order valence-corrected chi connectivity index (χ3v) is 4.72. The topological polar surface area (TPSA) is 46.9 Å². The van der Waals surface area contributed by atoms with Crippen LogP contribution in [-0.2, 0) is 17.1 Å². The van der Waals surface area contributed by atoms with Crippen LogP contribution in [0.5, 0.6) is 0 Å². The van der Waals surface area contributed by atoms with Gasteiger partial charge in [-0.15, -0.1) is 0 Å². The standard InChI is InChI=1S/C18H18ClN3OS/c1-12-7-8-13(9-14(12)19)20-18(23)10-22-16-6-4-3-5-15(16)21-17(22)11-24-2/h3-9H,10-11H2,1-2H3,(H,20,23). The van der Waals surface area contributed by atoms with Crippen LogP contribution in [0.1, 0.15) is 11.4 Å². The molecule has 0 aliphatic carbocycles.